The Morgan fingerprint density at radius 2 is 2.00 bits per heavy atom. The molecule has 1 aliphatic heterocycles. The molecule has 0 saturated carbocycles. The van der Waals surface area contributed by atoms with Crippen molar-refractivity contribution in [3.63, 3.8) is 0 Å². The summed E-state index contributed by atoms with van der Waals surface area (Å²) in [4.78, 5) is 12.7. The molecule has 5 nitrogen and oxygen atoms in total. The van der Waals surface area contributed by atoms with Gasteiger partial charge >= 0.3 is 0 Å². The van der Waals surface area contributed by atoms with E-state index in [1.54, 1.807) is 12.5 Å². The first-order valence-corrected chi connectivity index (χ1v) is 6.00. The summed E-state index contributed by atoms with van der Waals surface area (Å²) >= 11 is 0. The summed E-state index contributed by atoms with van der Waals surface area (Å²) in [6.07, 6.45) is 3.35. The molecule has 2 heterocycles. The van der Waals surface area contributed by atoms with Crippen molar-refractivity contribution in [1.82, 2.24) is 14.9 Å². The smallest absolute Gasteiger partial charge is 0.131 e. The number of nitrogens with zero attached hydrogens (tertiary/aromatic N) is 4. The van der Waals surface area contributed by atoms with Crippen LogP contribution in [0.3, 0.4) is 0 Å². The molecular formula is C12H20N4O. The van der Waals surface area contributed by atoms with Gasteiger partial charge in [-0.15, -0.1) is 0 Å². The van der Waals surface area contributed by atoms with Crippen molar-refractivity contribution in [2.75, 3.05) is 37.6 Å². The summed E-state index contributed by atoms with van der Waals surface area (Å²) in [6, 6.07) is 1.94. The number of rotatable bonds is 3. The van der Waals surface area contributed by atoms with Gasteiger partial charge in [0.25, 0.3) is 0 Å². The molecule has 1 saturated heterocycles. The van der Waals surface area contributed by atoms with Gasteiger partial charge in [0.2, 0.25) is 0 Å². The largest absolute Gasteiger partial charge is 0.389 e. The van der Waals surface area contributed by atoms with E-state index in [2.05, 4.69) is 19.8 Å². The normalized spacial score (nSPS) is 18.4. The Balaban J connectivity index is 1.86. The Morgan fingerprint density at radius 1 is 1.29 bits per heavy atom. The van der Waals surface area contributed by atoms with E-state index in [0.29, 0.717) is 0 Å². The molecule has 0 amide bonds. The fourth-order valence-electron chi connectivity index (χ4n) is 2.15. The first-order valence-electron chi connectivity index (χ1n) is 6.00. The van der Waals surface area contributed by atoms with Crippen LogP contribution in [0.15, 0.2) is 18.6 Å². The monoisotopic (exact) mass is 236 g/mol. The lowest BCUT2D eigenvalue weighted by molar-refractivity contribution is 0.0344. The second-order valence-electron chi connectivity index (χ2n) is 5.14. The van der Waals surface area contributed by atoms with E-state index < -0.39 is 5.60 Å². The van der Waals surface area contributed by atoms with Gasteiger partial charge in [0.05, 0.1) is 5.60 Å². The van der Waals surface area contributed by atoms with Crippen LogP contribution < -0.4 is 4.90 Å². The third kappa shape index (κ3) is 3.64. The van der Waals surface area contributed by atoms with Crippen molar-refractivity contribution in [2.24, 2.45) is 0 Å². The molecule has 0 unspecified atom stereocenters. The zero-order valence-electron chi connectivity index (χ0n) is 10.5. The molecule has 2 rings (SSSR count). The highest BCUT2D eigenvalue weighted by molar-refractivity contribution is 5.36. The Bertz CT molecular complexity index is 341. The summed E-state index contributed by atoms with van der Waals surface area (Å²) < 4.78 is 0. The molecule has 1 aromatic heterocycles. The van der Waals surface area contributed by atoms with E-state index >= 15 is 0 Å². The quantitative estimate of drug-likeness (QED) is 0.821. The van der Waals surface area contributed by atoms with Gasteiger partial charge in [-0.3, -0.25) is 4.90 Å². The van der Waals surface area contributed by atoms with Gasteiger partial charge in [-0.05, 0) is 19.9 Å². The zero-order chi connectivity index (χ0) is 12.3. The van der Waals surface area contributed by atoms with E-state index in [9.17, 15) is 5.11 Å². The van der Waals surface area contributed by atoms with Crippen molar-refractivity contribution in [2.45, 2.75) is 19.4 Å². The van der Waals surface area contributed by atoms with E-state index in [4.69, 9.17) is 0 Å². The van der Waals surface area contributed by atoms with Gasteiger partial charge in [-0.1, -0.05) is 0 Å². The molecule has 0 spiro atoms. The van der Waals surface area contributed by atoms with Crippen LogP contribution in [0.1, 0.15) is 13.8 Å². The molecule has 1 N–H and O–H groups in total. The highest BCUT2D eigenvalue weighted by atomic mass is 16.3. The highest BCUT2D eigenvalue weighted by Crippen LogP contribution is 2.13. The minimum Gasteiger partial charge on any atom is -0.389 e. The molecule has 1 aromatic rings. The van der Waals surface area contributed by atoms with Gasteiger partial charge < -0.3 is 10.0 Å². The van der Waals surface area contributed by atoms with Crippen molar-refractivity contribution in [3.8, 4) is 0 Å². The lowest BCUT2D eigenvalue weighted by atomic mass is 10.1. The average molecular weight is 236 g/mol. The number of hydrogen-bond donors (Lipinski definition) is 1. The standard InChI is InChI=1S/C12H20N4O/c1-12(2,17)9-15-5-7-16(8-6-15)11-3-4-13-10-14-11/h3-4,10,17H,5-9H2,1-2H3. The van der Waals surface area contributed by atoms with E-state index in [0.717, 1.165) is 38.5 Å². The highest BCUT2D eigenvalue weighted by Gasteiger charge is 2.22. The summed E-state index contributed by atoms with van der Waals surface area (Å²) in [5.74, 6) is 0.989. The fourth-order valence-corrected chi connectivity index (χ4v) is 2.15. The third-order valence-electron chi connectivity index (χ3n) is 2.87. The van der Waals surface area contributed by atoms with Crippen molar-refractivity contribution >= 4 is 5.82 Å². The predicted molar refractivity (Wildman–Crippen MR) is 67.0 cm³/mol. The third-order valence-corrected chi connectivity index (χ3v) is 2.87. The number of hydrogen-bond acceptors (Lipinski definition) is 5. The zero-order valence-corrected chi connectivity index (χ0v) is 10.5. The van der Waals surface area contributed by atoms with Crippen LogP contribution in [-0.2, 0) is 0 Å². The Morgan fingerprint density at radius 3 is 2.53 bits per heavy atom. The maximum absolute atomic E-state index is 9.78. The average Bonchev–Trinajstić information content (AvgIpc) is 2.29. The van der Waals surface area contributed by atoms with E-state index in [-0.39, 0.29) is 0 Å². The van der Waals surface area contributed by atoms with Crippen LogP contribution in [0.5, 0.6) is 0 Å². The number of aliphatic hydroxyl groups is 1. The molecule has 1 fully saturated rings. The van der Waals surface area contributed by atoms with Crippen molar-refractivity contribution in [1.29, 1.82) is 0 Å². The second kappa shape index (κ2) is 4.98. The van der Waals surface area contributed by atoms with Crippen LogP contribution in [0.4, 0.5) is 5.82 Å². The molecule has 17 heavy (non-hydrogen) atoms. The molecule has 5 heteroatoms. The topological polar surface area (TPSA) is 52.5 Å². The second-order valence-corrected chi connectivity index (χ2v) is 5.14. The minimum atomic E-state index is -0.614. The first kappa shape index (κ1) is 12.3. The van der Waals surface area contributed by atoms with Gasteiger partial charge in [0, 0.05) is 38.9 Å². The van der Waals surface area contributed by atoms with Crippen LogP contribution in [0.2, 0.25) is 0 Å². The van der Waals surface area contributed by atoms with Gasteiger partial charge in [0.1, 0.15) is 12.1 Å². The van der Waals surface area contributed by atoms with Crippen molar-refractivity contribution in [3.05, 3.63) is 18.6 Å². The van der Waals surface area contributed by atoms with Crippen LogP contribution in [0, 0.1) is 0 Å². The van der Waals surface area contributed by atoms with Gasteiger partial charge in [-0.25, -0.2) is 9.97 Å². The number of aromatic nitrogens is 2. The number of anilines is 1. The maximum Gasteiger partial charge on any atom is 0.131 e. The lowest BCUT2D eigenvalue weighted by Gasteiger charge is -2.37. The summed E-state index contributed by atoms with van der Waals surface area (Å²) in [5, 5.41) is 9.78. The summed E-state index contributed by atoms with van der Waals surface area (Å²) in [6.45, 7) is 8.26. The molecular weight excluding hydrogens is 216 g/mol. The maximum atomic E-state index is 9.78. The molecule has 1 aliphatic rings. The molecule has 0 bridgehead atoms. The summed E-state index contributed by atoms with van der Waals surface area (Å²) in [5.41, 5.74) is -0.614. The number of piperazine rings is 1. The molecule has 0 aromatic carbocycles. The van der Waals surface area contributed by atoms with E-state index in [1.807, 2.05) is 19.9 Å². The molecule has 0 radical (unpaired) electrons. The SMILES string of the molecule is CC(C)(O)CN1CCN(c2ccncn2)CC1. The molecule has 94 valence electrons. The van der Waals surface area contributed by atoms with Crippen molar-refractivity contribution < 1.29 is 5.11 Å². The fraction of sp³-hybridized carbons (Fsp3) is 0.667. The van der Waals surface area contributed by atoms with Crippen LogP contribution >= 0.6 is 0 Å². The van der Waals surface area contributed by atoms with Gasteiger partial charge in [-0.2, -0.15) is 0 Å². The minimum absolute atomic E-state index is 0.614. The lowest BCUT2D eigenvalue weighted by Crippen LogP contribution is -2.50. The number of β-amino-alcohol motifs (C(OH)–C–C–N with tert-alkyl or cyclic N) is 1. The van der Waals surface area contributed by atoms with Crippen LogP contribution in [-0.4, -0.2) is 58.3 Å². The predicted octanol–water partition coefficient (Wildman–Crippen LogP) is 0.369. The first-order chi connectivity index (χ1) is 8.04. The van der Waals surface area contributed by atoms with Gasteiger partial charge in [0.15, 0.2) is 0 Å². The Labute approximate surface area is 102 Å². The summed E-state index contributed by atoms with van der Waals surface area (Å²) in [7, 11) is 0. The van der Waals surface area contributed by atoms with E-state index in [1.165, 1.54) is 0 Å². The Kier molecular flexibility index (Phi) is 3.59. The molecule has 0 aliphatic carbocycles. The van der Waals surface area contributed by atoms with Crippen LogP contribution in [0.25, 0.3) is 0 Å². The Hall–Kier alpha value is -1.20. The molecule has 0 atom stereocenters.